The minimum Gasteiger partial charge on any atom is -0.395 e. The average molecular weight is 430 g/mol. The van der Waals surface area contributed by atoms with Crippen LogP contribution in [0.25, 0.3) is 0 Å². The van der Waals surface area contributed by atoms with E-state index in [9.17, 15) is 14.3 Å². The van der Waals surface area contributed by atoms with Gasteiger partial charge in [0.1, 0.15) is 5.82 Å². The largest absolute Gasteiger partial charge is 0.395 e. The highest BCUT2D eigenvalue weighted by Crippen LogP contribution is 2.21. The van der Waals surface area contributed by atoms with Crippen molar-refractivity contribution in [3.8, 4) is 0 Å². The molecule has 25 heavy (non-hydrogen) atoms. The summed E-state index contributed by atoms with van der Waals surface area (Å²) in [5.41, 5.74) is 1.07. The highest BCUT2D eigenvalue weighted by molar-refractivity contribution is 9.10. The summed E-state index contributed by atoms with van der Waals surface area (Å²) in [6.07, 6.45) is 0.209. The van der Waals surface area contributed by atoms with Crippen LogP contribution in [0.5, 0.6) is 0 Å². The molecule has 0 fully saturated rings. The fourth-order valence-electron chi connectivity index (χ4n) is 2.35. The van der Waals surface area contributed by atoms with E-state index in [1.165, 1.54) is 6.07 Å². The average Bonchev–Trinajstić information content (AvgIpc) is 2.58. The molecule has 0 aromatic heterocycles. The van der Waals surface area contributed by atoms with E-state index in [0.717, 1.165) is 4.47 Å². The Bertz CT molecular complexity index is 730. The van der Waals surface area contributed by atoms with Crippen molar-refractivity contribution in [3.63, 3.8) is 0 Å². The lowest BCUT2D eigenvalue weighted by Crippen LogP contribution is -2.30. The molecule has 0 saturated carbocycles. The van der Waals surface area contributed by atoms with Gasteiger partial charge in [-0.25, -0.2) is 4.39 Å². The topological polar surface area (TPSA) is 52.6 Å². The third-order valence-electron chi connectivity index (χ3n) is 3.62. The Balaban J connectivity index is 1.93. The van der Waals surface area contributed by atoms with E-state index in [0.29, 0.717) is 35.9 Å². The Morgan fingerprint density at radius 2 is 2.00 bits per heavy atom. The first-order valence-corrected chi connectivity index (χ1v) is 8.98. The molecule has 0 aliphatic carbocycles. The molecule has 0 radical (unpaired) electrons. The second-order valence-electron chi connectivity index (χ2n) is 5.51. The van der Waals surface area contributed by atoms with E-state index in [-0.39, 0.29) is 24.8 Å². The maximum absolute atomic E-state index is 13.9. The van der Waals surface area contributed by atoms with Crippen LogP contribution in [0.1, 0.15) is 12.0 Å². The van der Waals surface area contributed by atoms with Crippen molar-refractivity contribution >= 4 is 39.1 Å². The van der Waals surface area contributed by atoms with E-state index < -0.39 is 0 Å². The molecule has 0 heterocycles. The third-order valence-corrected chi connectivity index (χ3v) is 4.44. The number of amides is 1. The molecule has 0 atom stereocenters. The molecule has 0 unspecified atom stereocenters. The molecule has 0 aliphatic heterocycles. The van der Waals surface area contributed by atoms with Crippen LogP contribution >= 0.6 is 27.5 Å². The molecule has 2 aromatic rings. The number of rotatable bonds is 8. The maximum atomic E-state index is 13.9. The smallest absolute Gasteiger partial charge is 0.225 e. The molecule has 7 heteroatoms. The first-order valence-electron chi connectivity index (χ1n) is 7.81. The molecular formula is C18H19BrClFN2O2. The number of nitrogens with zero attached hydrogens (tertiary/aromatic N) is 1. The summed E-state index contributed by atoms with van der Waals surface area (Å²) in [4.78, 5) is 13.9. The van der Waals surface area contributed by atoms with Crippen LogP contribution in [-0.2, 0) is 11.3 Å². The van der Waals surface area contributed by atoms with Gasteiger partial charge in [-0.1, -0.05) is 39.7 Å². The molecule has 1 amide bonds. The predicted molar refractivity (Wildman–Crippen MR) is 101 cm³/mol. The second kappa shape index (κ2) is 9.87. The highest BCUT2D eigenvalue weighted by Gasteiger charge is 2.12. The van der Waals surface area contributed by atoms with E-state index in [1.54, 1.807) is 36.4 Å². The van der Waals surface area contributed by atoms with Crippen molar-refractivity contribution in [2.75, 3.05) is 25.0 Å². The van der Waals surface area contributed by atoms with Crippen LogP contribution in [0.4, 0.5) is 10.1 Å². The number of carbonyl (C=O) groups excluding carboxylic acids is 1. The van der Waals surface area contributed by atoms with E-state index in [1.807, 2.05) is 4.90 Å². The Morgan fingerprint density at radius 3 is 2.72 bits per heavy atom. The van der Waals surface area contributed by atoms with E-state index >= 15 is 0 Å². The number of anilines is 1. The first kappa shape index (κ1) is 19.8. The number of aliphatic hydroxyl groups excluding tert-OH is 1. The first-order chi connectivity index (χ1) is 12.0. The van der Waals surface area contributed by atoms with Crippen molar-refractivity contribution in [2.45, 2.75) is 13.0 Å². The van der Waals surface area contributed by atoms with Crippen molar-refractivity contribution in [1.29, 1.82) is 0 Å². The van der Waals surface area contributed by atoms with Crippen LogP contribution in [0.15, 0.2) is 46.9 Å². The van der Waals surface area contributed by atoms with Gasteiger partial charge >= 0.3 is 0 Å². The van der Waals surface area contributed by atoms with Gasteiger partial charge in [0.25, 0.3) is 0 Å². The summed E-state index contributed by atoms with van der Waals surface area (Å²) >= 11 is 9.34. The number of hydrogen-bond donors (Lipinski definition) is 2. The number of nitrogens with one attached hydrogen (secondary N) is 1. The molecule has 2 aromatic carbocycles. The van der Waals surface area contributed by atoms with Crippen molar-refractivity contribution in [2.24, 2.45) is 0 Å². The van der Waals surface area contributed by atoms with E-state index in [4.69, 9.17) is 11.6 Å². The third kappa shape index (κ3) is 6.40. The Morgan fingerprint density at radius 1 is 1.24 bits per heavy atom. The molecule has 0 bridgehead atoms. The maximum Gasteiger partial charge on any atom is 0.225 e. The second-order valence-corrected chi connectivity index (χ2v) is 6.84. The molecule has 0 saturated heterocycles. The van der Waals surface area contributed by atoms with Crippen LogP contribution in [0.3, 0.4) is 0 Å². The van der Waals surface area contributed by atoms with Crippen molar-refractivity contribution in [1.82, 2.24) is 4.90 Å². The highest BCUT2D eigenvalue weighted by atomic mass is 79.9. The molecule has 0 aliphatic rings. The van der Waals surface area contributed by atoms with Gasteiger partial charge in [-0.3, -0.25) is 9.69 Å². The van der Waals surface area contributed by atoms with Crippen LogP contribution in [0, 0.1) is 5.82 Å². The standard InChI is InChI=1S/C18H19BrClFN2O2/c19-14-5-6-16(21)13(11-14)12-23(9-10-24)8-7-18(25)22-17-4-2-1-3-15(17)20/h1-6,11,24H,7-10,12H2,(H,22,25). The van der Waals surface area contributed by atoms with Gasteiger partial charge in [0, 0.05) is 36.1 Å². The van der Waals surface area contributed by atoms with Gasteiger partial charge in [0.2, 0.25) is 5.91 Å². The zero-order valence-corrected chi connectivity index (χ0v) is 15.9. The molecule has 2 N–H and O–H groups in total. The van der Waals surface area contributed by atoms with Crippen molar-refractivity contribution in [3.05, 3.63) is 63.3 Å². The zero-order valence-electron chi connectivity index (χ0n) is 13.5. The summed E-state index contributed by atoms with van der Waals surface area (Å²) < 4.78 is 14.7. The zero-order chi connectivity index (χ0) is 18.2. The molecule has 134 valence electrons. The van der Waals surface area contributed by atoms with Gasteiger partial charge in [-0.05, 0) is 30.3 Å². The number of benzene rings is 2. The van der Waals surface area contributed by atoms with Crippen LogP contribution in [0.2, 0.25) is 5.02 Å². The molecular weight excluding hydrogens is 411 g/mol. The Labute approximate surface area is 159 Å². The number of halogens is 3. The molecule has 0 spiro atoms. The number of aliphatic hydroxyl groups is 1. The minimum atomic E-state index is -0.313. The Hall–Kier alpha value is -1.47. The monoisotopic (exact) mass is 428 g/mol. The summed E-state index contributed by atoms with van der Waals surface area (Å²) in [7, 11) is 0. The van der Waals surface area contributed by atoms with Gasteiger partial charge in [0.15, 0.2) is 0 Å². The number of carbonyl (C=O) groups is 1. The summed E-state index contributed by atoms with van der Waals surface area (Å²) in [5.74, 6) is -0.502. The fourth-order valence-corrected chi connectivity index (χ4v) is 2.94. The number of hydrogen-bond acceptors (Lipinski definition) is 3. The fraction of sp³-hybridized carbons (Fsp3) is 0.278. The lowest BCUT2D eigenvalue weighted by Gasteiger charge is -2.21. The Kier molecular flexibility index (Phi) is 7.84. The summed E-state index contributed by atoms with van der Waals surface area (Å²) in [5, 5.41) is 12.4. The van der Waals surface area contributed by atoms with Gasteiger partial charge in [0.05, 0.1) is 17.3 Å². The summed E-state index contributed by atoms with van der Waals surface area (Å²) in [6, 6.07) is 11.7. The lowest BCUT2D eigenvalue weighted by molar-refractivity contribution is -0.116. The molecule has 2 rings (SSSR count). The molecule has 4 nitrogen and oxygen atoms in total. The van der Waals surface area contributed by atoms with Gasteiger partial charge in [-0.15, -0.1) is 0 Å². The van der Waals surface area contributed by atoms with Gasteiger partial charge in [-0.2, -0.15) is 0 Å². The van der Waals surface area contributed by atoms with Crippen LogP contribution in [-0.4, -0.2) is 35.6 Å². The van der Waals surface area contributed by atoms with E-state index in [2.05, 4.69) is 21.2 Å². The normalized spacial score (nSPS) is 10.9. The lowest BCUT2D eigenvalue weighted by atomic mass is 10.2. The number of para-hydroxylation sites is 1. The summed E-state index contributed by atoms with van der Waals surface area (Å²) in [6.45, 7) is 0.987. The predicted octanol–water partition coefficient (Wildman–Crippen LogP) is 4.06. The SMILES string of the molecule is O=C(CCN(CCO)Cc1cc(Br)ccc1F)Nc1ccccc1Cl. The minimum absolute atomic E-state index is 0.0677. The van der Waals surface area contributed by atoms with Crippen molar-refractivity contribution < 1.29 is 14.3 Å². The van der Waals surface area contributed by atoms with Gasteiger partial charge < -0.3 is 10.4 Å². The van der Waals surface area contributed by atoms with Crippen LogP contribution < -0.4 is 5.32 Å². The quantitative estimate of drug-likeness (QED) is 0.665.